The molecule has 0 spiro atoms. The Labute approximate surface area is 128 Å². The molecule has 0 aliphatic carbocycles. The molecule has 0 unspecified atom stereocenters. The molecule has 0 aliphatic heterocycles. The molecule has 100 valence electrons. The van der Waals surface area contributed by atoms with E-state index in [1.807, 2.05) is 6.07 Å². The van der Waals surface area contributed by atoms with E-state index in [0.29, 0.717) is 23.1 Å². The van der Waals surface area contributed by atoms with Crippen molar-refractivity contribution in [3.05, 3.63) is 50.1 Å². The molecule has 0 aliphatic rings. The number of benzene rings is 1. The summed E-state index contributed by atoms with van der Waals surface area (Å²) in [6.45, 7) is 0.872. The van der Waals surface area contributed by atoms with Gasteiger partial charge >= 0.3 is 0 Å². The van der Waals surface area contributed by atoms with E-state index in [1.54, 1.807) is 30.3 Å². The van der Waals surface area contributed by atoms with E-state index in [1.165, 1.54) is 11.3 Å². The van der Waals surface area contributed by atoms with Crippen LogP contribution in [0.5, 0.6) is 5.75 Å². The first kappa shape index (κ1) is 14.4. The highest BCUT2D eigenvalue weighted by Crippen LogP contribution is 2.21. The van der Waals surface area contributed by atoms with Gasteiger partial charge in [-0.2, -0.15) is 0 Å². The normalized spacial score (nSPS) is 10.2. The topological polar surface area (TPSA) is 38.3 Å². The number of hydrogen-bond acceptors (Lipinski definition) is 3. The number of rotatable bonds is 5. The number of ether oxygens (including phenoxy) is 1. The van der Waals surface area contributed by atoms with Crippen LogP contribution in [-0.2, 0) is 0 Å². The zero-order chi connectivity index (χ0) is 13.7. The highest BCUT2D eigenvalue weighted by molar-refractivity contribution is 9.11. The summed E-state index contributed by atoms with van der Waals surface area (Å²) in [5, 5.41) is 3.46. The Kier molecular flexibility index (Phi) is 5.24. The Morgan fingerprint density at radius 1 is 1.26 bits per heavy atom. The fraction of sp³-hybridized carbons (Fsp3) is 0.154. The van der Waals surface area contributed by atoms with Crippen LogP contribution < -0.4 is 10.1 Å². The number of carbonyl (C=O) groups is 1. The van der Waals surface area contributed by atoms with Crippen LogP contribution in [0.25, 0.3) is 0 Å². The van der Waals surface area contributed by atoms with Gasteiger partial charge in [0.15, 0.2) is 0 Å². The Balaban J connectivity index is 1.72. The van der Waals surface area contributed by atoms with Gasteiger partial charge < -0.3 is 10.1 Å². The van der Waals surface area contributed by atoms with Crippen LogP contribution in [0.4, 0.5) is 0 Å². The van der Waals surface area contributed by atoms with Crippen LogP contribution in [0, 0.1) is 0 Å². The summed E-state index contributed by atoms with van der Waals surface area (Å²) in [6, 6.07) is 10.7. The summed E-state index contributed by atoms with van der Waals surface area (Å²) in [7, 11) is 0. The number of nitrogens with one attached hydrogen (secondary N) is 1. The molecule has 6 heteroatoms. The second-order valence-electron chi connectivity index (χ2n) is 3.66. The van der Waals surface area contributed by atoms with Crippen molar-refractivity contribution in [2.24, 2.45) is 0 Å². The van der Waals surface area contributed by atoms with E-state index in [2.05, 4.69) is 21.2 Å². The lowest BCUT2D eigenvalue weighted by molar-refractivity contribution is 0.0951. The average Bonchev–Trinajstić information content (AvgIpc) is 2.83. The summed E-state index contributed by atoms with van der Waals surface area (Å²) in [5.74, 6) is 0.646. The molecular formula is C13H11BrClNO2S. The van der Waals surface area contributed by atoms with Crippen LogP contribution in [-0.4, -0.2) is 19.1 Å². The molecule has 0 radical (unpaired) electrons. The summed E-state index contributed by atoms with van der Waals surface area (Å²) < 4.78 is 6.41. The smallest absolute Gasteiger partial charge is 0.261 e. The molecule has 0 fully saturated rings. The minimum absolute atomic E-state index is 0.0876. The maximum atomic E-state index is 11.7. The molecule has 1 amide bonds. The van der Waals surface area contributed by atoms with Crippen molar-refractivity contribution >= 4 is 44.8 Å². The fourth-order valence-electron chi connectivity index (χ4n) is 1.39. The summed E-state index contributed by atoms with van der Waals surface area (Å²) in [6.07, 6.45) is 0. The summed E-state index contributed by atoms with van der Waals surface area (Å²) in [4.78, 5) is 12.4. The van der Waals surface area contributed by atoms with Gasteiger partial charge in [0, 0.05) is 5.02 Å². The number of amides is 1. The van der Waals surface area contributed by atoms with E-state index >= 15 is 0 Å². The van der Waals surface area contributed by atoms with Crippen LogP contribution in [0.2, 0.25) is 5.02 Å². The Morgan fingerprint density at radius 3 is 2.63 bits per heavy atom. The highest BCUT2D eigenvalue weighted by Gasteiger charge is 2.07. The standard InChI is InChI=1S/C13H11BrClNO2S/c14-12-6-5-11(19-12)13(17)16-7-8-18-10-3-1-9(15)2-4-10/h1-6H,7-8H2,(H,16,17). The van der Waals surface area contributed by atoms with E-state index in [9.17, 15) is 4.79 Å². The molecular weight excluding hydrogens is 350 g/mol. The molecule has 0 bridgehead atoms. The van der Waals surface area contributed by atoms with Gasteiger partial charge in [0.05, 0.1) is 15.2 Å². The van der Waals surface area contributed by atoms with Crippen LogP contribution in [0.15, 0.2) is 40.2 Å². The molecule has 0 saturated carbocycles. The number of carbonyl (C=O) groups excluding carboxylic acids is 1. The van der Waals surface area contributed by atoms with Crippen molar-refractivity contribution in [1.29, 1.82) is 0 Å². The number of halogens is 2. The van der Waals surface area contributed by atoms with Gasteiger partial charge in [-0.3, -0.25) is 4.79 Å². The predicted octanol–water partition coefficient (Wildman–Crippen LogP) is 3.97. The van der Waals surface area contributed by atoms with E-state index in [0.717, 1.165) is 9.54 Å². The van der Waals surface area contributed by atoms with Gasteiger partial charge in [-0.25, -0.2) is 0 Å². The maximum absolute atomic E-state index is 11.7. The zero-order valence-corrected chi connectivity index (χ0v) is 13.0. The lowest BCUT2D eigenvalue weighted by Gasteiger charge is -2.07. The van der Waals surface area contributed by atoms with Crippen molar-refractivity contribution in [3.8, 4) is 5.75 Å². The molecule has 2 aromatic rings. The molecule has 0 atom stereocenters. The minimum atomic E-state index is -0.0876. The van der Waals surface area contributed by atoms with Crippen molar-refractivity contribution < 1.29 is 9.53 Å². The van der Waals surface area contributed by atoms with E-state index in [4.69, 9.17) is 16.3 Å². The third kappa shape index (κ3) is 4.53. The van der Waals surface area contributed by atoms with E-state index in [-0.39, 0.29) is 5.91 Å². The molecule has 19 heavy (non-hydrogen) atoms. The molecule has 1 aromatic carbocycles. The van der Waals surface area contributed by atoms with Crippen molar-refractivity contribution in [1.82, 2.24) is 5.32 Å². The van der Waals surface area contributed by atoms with Crippen LogP contribution >= 0.6 is 38.9 Å². The molecule has 1 N–H and O–H groups in total. The van der Waals surface area contributed by atoms with Crippen molar-refractivity contribution in [2.75, 3.05) is 13.2 Å². The van der Waals surface area contributed by atoms with Gasteiger partial charge in [0.1, 0.15) is 12.4 Å². The van der Waals surface area contributed by atoms with Crippen molar-refractivity contribution in [2.45, 2.75) is 0 Å². The van der Waals surface area contributed by atoms with Gasteiger partial charge in [-0.1, -0.05) is 11.6 Å². The van der Waals surface area contributed by atoms with Gasteiger partial charge in [0.2, 0.25) is 0 Å². The lowest BCUT2D eigenvalue weighted by Crippen LogP contribution is -2.27. The molecule has 2 rings (SSSR count). The first-order chi connectivity index (χ1) is 9.15. The molecule has 3 nitrogen and oxygen atoms in total. The minimum Gasteiger partial charge on any atom is -0.492 e. The lowest BCUT2D eigenvalue weighted by atomic mass is 10.3. The summed E-state index contributed by atoms with van der Waals surface area (Å²) in [5.41, 5.74) is 0. The Bertz CT molecular complexity index is 556. The second kappa shape index (κ2) is 6.93. The van der Waals surface area contributed by atoms with Crippen LogP contribution in [0.3, 0.4) is 0 Å². The third-order valence-electron chi connectivity index (χ3n) is 2.27. The fourth-order valence-corrected chi connectivity index (χ4v) is 2.82. The first-order valence-electron chi connectivity index (χ1n) is 5.57. The largest absolute Gasteiger partial charge is 0.492 e. The Morgan fingerprint density at radius 2 is 2.00 bits per heavy atom. The van der Waals surface area contributed by atoms with Crippen molar-refractivity contribution in [3.63, 3.8) is 0 Å². The quantitative estimate of drug-likeness (QED) is 0.819. The van der Waals surface area contributed by atoms with Gasteiger partial charge in [0.25, 0.3) is 5.91 Å². The number of hydrogen-bond donors (Lipinski definition) is 1. The second-order valence-corrected chi connectivity index (χ2v) is 6.56. The highest BCUT2D eigenvalue weighted by atomic mass is 79.9. The third-order valence-corrected chi connectivity index (χ3v) is 4.14. The monoisotopic (exact) mass is 359 g/mol. The molecule has 1 heterocycles. The predicted molar refractivity (Wildman–Crippen MR) is 81.3 cm³/mol. The van der Waals surface area contributed by atoms with E-state index < -0.39 is 0 Å². The Hall–Kier alpha value is -1.04. The molecule has 1 aromatic heterocycles. The van der Waals surface area contributed by atoms with Crippen LogP contribution in [0.1, 0.15) is 9.67 Å². The van der Waals surface area contributed by atoms with Gasteiger partial charge in [-0.05, 0) is 52.3 Å². The molecule has 0 saturated heterocycles. The number of thiophene rings is 1. The zero-order valence-electron chi connectivity index (χ0n) is 9.86. The maximum Gasteiger partial charge on any atom is 0.261 e. The first-order valence-corrected chi connectivity index (χ1v) is 7.56. The van der Waals surface area contributed by atoms with Gasteiger partial charge in [-0.15, -0.1) is 11.3 Å². The summed E-state index contributed by atoms with van der Waals surface area (Å²) >= 11 is 10.5. The average molecular weight is 361 g/mol. The SMILES string of the molecule is O=C(NCCOc1ccc(Cl)cc1)c1ccc(Br)s1.